The van der Waals surface area contributed by atoms with Crippen LogP contribution < -0.4 is 4.90 Å². The van der Waals surface area contributed by atoms with Gasteiger partial charge in [0.1, 0.15) is 0 Å². The van der Waals surface area contributed by atoms with Crippen molar-refractivity contribution in [3.8, 4) is 6.07 Å². The standard InChI is InChI=1S/C31H34Cl2N4O2/c1-4-36(5-2)30(38)24-7-6-8-25(18-24)31(3,39)21-35-15-16-37(28-14-9-22(19-34)17-27(28)33)29(20-35)23-10-12-26(32)13-11-23/h6-14,17-18,29,39H,4-5,15-16,20-21H2,1-3H3/t29-,31+/m0/s1. The molecule has 0 spiro atoms. The Kier molecular flexibility index (Phi) is 9.19. The minimum absolute atomic E-state index is 0.0339. The van der Waals surface area contributed by atoms with Crippen molar-refractivity contribution >= 4 is 34.8 Å². The van der Waals surface area contributed by atoms with Crippen LogP contribution in [0.5, 0.6) is 0 Å². The molecule has 1 heterocycles. The first-order valence-electron chi connectivity index (χ1n) is 13.2. The largest absolute Gasteiger partial charge is 0.384 e. The molecule has 1 aliphatic heterocycles. The van der Waals surface area contributed by atoms with Gasteiger partial charge in [0.25, 0.3) is 5.91 Å². The molecule has 0 unspecified atom stereocenters. The fourth-order valence-corrected chi connectivity index (χ4v) is 5.67. The van der Waals surface area contributed by atoms with E-state index in [0.29, 0.717) is 66.0 Å². The predicted octanol–water partition coefficient (Wildman–Crippen LogP) is 6.12. The van der Waals surface area contributed by atoms with Crippen molar-refractivity contribution < 1.29 is 9.90 Å². The Bertz CT molecular complexity index is 1350. The molecule has 0 aliphatic carbocycles. The van der Waals surface area contributed by atoms with Crippen LogP contribution in [0.4, 0.5) is 5.69 Å². The zero-order valence-corrected chi connectivity index (χ0v) is 24.1. The first kappa shape index (κ1) is 28.9. The molecule has 204 valence electrons. The summed E-state index contributed by atoms with van der Waals surface area (Å²) in [7, 11) is 0. The van der Waals surface area contributed by atoms with Gasteiger partial charge in [-0.1, -0.05) is 47.5 Å². The SMILES string of the molecule is CCN(CC)C(=O)c1cccc([C@](C)(O)CN2CCN(c3ccc(C#N)cc3Cl)[C@H](c3ccc(Cl)cc3)C2)c1. The van der Waals surface area contributed by atoms with E-state index in [2.05, 4.69) is 15.9 Å². The second-order valence-corrected chi connectivity index (χ2v) is 10.9. The van der Waals surface area contributed by atoms with Gasteiger partial charge in [0.05, 0.1) is 34.0 Å². The van der Waals surface area contributed by atoms with Crippen LogP contribution in [-0.2, 0) is 5.60 Å². The number of nitrogens with zero attached hydrogens (tertiary/aromatic N) is 4. The van der Waals surface area contributed by atoms with E-state index in [4.69, 9.17) is 23.2 Å². The summed E-state index contributed by atoms with van der Waals surface area (Å²) in [6.07, 6.45) is 0. The quantitative estimate of drug-likeness (QED) is 0.357. The maximum atomic E-state index is 12.9. The van der Waals surface area contributed by atoms with E-state index in [1.807, 2.05) is 62.4 Å². The van der Waals surface area contributed by atoms with Crippen LogP contribution >= 0.6 is 23.2 Å². The van der Waals surface area contributed by atoms with E-state index in [-0.39, 0.29) is 11.9 Å². The first-order valence-corrected chi connectivity index (χ1v) is 14.0. The van der Waals surface area contributed by atoms with E-state index in [1.54, 1.807) is 30.0 Å². The van der Waals surface area contributed by atoms with Gasteiger partial charge in [-0.3, -0.25) is 9.69 Å². The van der Waals surface area contributed by atoms with Crippen LogP contribution in [0.15, 0.2) is 66.7 Å². The number of anilines is 1. The molecule has 39 heavy (non-hydrogen) atoms. The monoisotopic (exact) mass is 564 g/mol. The van der Waals surface area contributed by atoms with Crippen molar-refractivity contribution in [2.24, 2.45) is 0 Å². The number of carbonyl (C=O) groups is 1. The van der Waals surface area contributed by atoms with Crippen LogP contribution in [0.3, 0.4) is 0 Å². The summed E-state index contributed by atoms with van der Waals surface area (Å²) in [5, 5.41) is 22.1. The van der Waals surface area contributed by atoms with E-state index >= 15 is 0 Å². The minimum atomic E-state index is -1.17. The van der Waals surface area contributed by atoms with Gasteiger partial charge in [0, 0.05) is 49.9 Å². The maximum absolute atomic E-state index is 12.9. The second kappa shape index (κ2) is 12.4. The molecule has 1 fully saturated rings. The highest BCUT2D eigenvalue weighted by Crippen LogP contribution is 2.37. The van der Waals surface area contributed by atoms with Crippen molar-refractivity contribution in [3.63, 3.8) is 0 Å². The molecule has 3 aromatic rings. The van der Waals surface area contributed by atoms with Crippen molar-refractivity contribution in [2.75, 3.05) is 44.2 Å². The lowest BCUT2D eigenvalue weighted by atomic mass is 9.92. The number of piperazine rings is 1. The fraction of sp³-hybridized carbons (Fsp3) is 0.355. The lowest BCUT2D eigenvalue weighted by Gasteiger charge is -2.45. The summed E-state index contributed by atoms with van der Waals surface area (Å²) in [6.45, 7) is 9.41. The van der Waals surface area contributed by atoms with Crippen LogP contribution in [-0.4, -0.2) is 60.1 Å². The van der Waals surface area contributed by atoms with E-state index < -0.39 is 5.60 Å². The lowest BCUT2D eigenvalue weighted by Crippen LogP contribution is -2.52. The molecule has 3 aromatic carbocycles. The van der Waals surface area contributed by atoms with E-state index in [1.165, 1.54) is 0 Å². The summed E-state index contributed by atoms with van der Waals surface area (Å²) >= 11 is 12.8. The number of nitriles is 1. The van der Waals surface area contributed by atoms with Crippen LogP contribution in [0.1, 0.15) is 53.9 Å². The molecule has 1 amide bonds. The van der Waals surface area contributed by atoms with Crippen molar-refractivity contribution in [2.45, 2.75) is 32.4 Å². The number of carbonyl (C=O) groups excluding carboxylic acids is 1. The average molecular weight is 566 g/mol. The molecule has 1 saturated heterocycles. The van der Waals surface area contributed by atoms with Crippen molar-refractivity contribution in [1.29, 1.82) is 5.26 Å². The molecule has 6 nitrogen and oxygen atoms in total. The van der Waals surface area contributed by atoms with Gasteiger partial charge in [0.2, 0.25) is 0 Å². The molecule has 8 heteroatoms. The van der Waals surface area contributed by atoms with E-state index in [9.17, 15) is 15.2 Å². The molecule has 1 aliphatic rings. The predicted molar refractivity (Wildman–Crippen MR) is 157 cm³/mol. The number of benzene rings is 3. The summed E-state index contributed by atoms with van der Waals surface area (Å²) in [6, 6.07) is 22.6. The third kappa shape index (κ3) is 6.57. The lowest BCUT2D eigenvalue weighted by molar-refractivity contribution is 0.0102. The fourth-order valence-electron chi connectivity index (χ4n) is 5.26. The van der Waals surface area contributed by atoms with Crippen LogP contribution in [0.2, 0.25) is 10.0 Å². The van der Waals surface area contributed by atoms with Gasteiger partial charge in [-0.15, -0.1) is 0 Å². The van der Waals surface area contributed by atoms with Gasteiger partial charge >= 0.3 is 0 Å². The van der Waals surface area contributed by atoms with Gasteiger partial charge in [-0.05, 0) is 74.4 Å². The highest BCUT2D eigenvalue weighted by Gasteiger charge is 2.34. The maximum Gasteiger partial charge on any atom is 0.253 e. The van der Waals surface area contributed by atoms with Gasteiger partial charge in [0.15, 0.2) is 0 Å². The summed E-state index contributed by atoms with van der Waals surface area (Å²) < 4.78 is 0. The van der Waals surface area contributed by atoms with Crippen molar-refractivity contribution in [3.05, 3.63) is 99.0 Å². The number of halogens is 2. The molecule has 0 aromatic heterocycles. The Morgan fingerprint density at radius 2 is 1.79 bits per heavy atom. The minimum Gasteiger partial charge on any atom is -0.384 e. The number of hydrogen-bond donors (Lipinski definition) is 1. The molecular formula is C31H34Cl2N4O2. The Balaban J connectivity index is 1.59. The van der Waals surface area contributed by atoms with Crippen LogP contribution in [0.25, 0.3) is 0 Å². The number of hydrogen-bond acceptors (Lipinski definition) is 5. The van der Waals surface area contributed by atoms with Crippen molar-refractivity contribution in [1.82, 2.24) is 9.80 Å². The zero-order chi connectivity index (χ0) is 28.2. The number of rotatable bonds is 8. The molecule has 0 saturated carbocycles. The van der Waals surface area contributed by atoms with Gasteiger partial charge < -0.3 is 14.9 Å². The Morgan fingerprint density at radius 3 is 2.44 bits per heavy atom. The summed E-state index contributed by atoms with van der Waals surface area (Å²) in [5.41, 5.74) is 2.58. The Labute approximate surface area is 241 Å². The molecule has 4 rings (SSSR count). The number of aliphatic hydroxyl groups is 1. The Hall–Kier alpha value is -3.08. The molecule has 0 radical (unpaired) electrons. The highest BCUT2D eigenvalue weighted by molar-refractivity contribution is 6.33. The first-order chi connectivity index (χ1) is 18.7. The topological polar surface area (TPSA) is 70.8 Å². The third-order valence-corrected chi connectivity index (χ3v) is 7.97. The third-order valence-electron chi connectivity index (χ3n) is 7.42. The average Bonchev–Trinajstić information content (AvgIpc) is 2.94. The summed E-state index contributed by atoms with van der Waals surface area (Å²) in [4.78, 5) is 19.2. The van der Waals surface area contributed by atoms with Gasteiger partial charge in [-0.2, -0.15) is 5.26 Å². The zero-order valence-electron chi connectivity index (χ0n) is 22.6. The van der Waals surface area contributed by atoms with E-state index in [0.717, 1.165) is 11.3 Å². The summed E-state index contributed by atoms with van der Waals surface area (Å²) in [5.74, 6) is -0.0339. The van der Waals surface area contributed by atoms with Gasteiger partial charge in [-0.25, -0.2) is 0 Å². The highest BCUT2D eigenvalue weighted by atomic mass is 35.5. The molecule has 0 bridgehead atoms. The smallest absolute Gasteiger partial charge is 0.253 e. The molecule has 2 atom stereocenters. The number of β-amino-alcohol motifs (C(OH)–C–C–N with tert-alkyl or cyclic N) is 1. The molecule has 1 N–H and O–H groups in total. The molecular weight excluding hydrogens is 531 g/mol. The number of amides is 1. The normalized spacial score (nSPS) is 17.4. The Morgan fingerprint density at radius 1 is 1.08 bits per heavy atom. The second-order valence-electron chi connectivity index (χ2n) is 10.1. The van der Waals surface area contributed by atoms with Crippen LogP contribution in [0, 0.1) is 11.3 Å².